The minimum atomic E-state index is -3.11. The van der Waals surface area contributed by atoms with Gasteiger partial charge < -0.3 is 10.8 Å². The molecular formula is C8H11NO3S. The Labute approximate surface area is 76.9 Å². The van der Waals surface area contributed by atoms with Gasteiger partial charge in [0.2, 0.25) is 0 Å². The zero-order chi connectivity index (χ0) is 10.1. The van der Waals surface area contributed by atoms with Crippen molar-refractivity contribution in [1.29, 1.82) is 0 Å². The zero-order valence-electron chi connectivity index (χ0n) is 7.19. The van der Waals surface area contributed by atoms with Crippen LogP contribution in [0.1, 0.15) is 5.56 Å². The van der Waals surface area contributed by atoms with Crippen molar-refractivity contribution in [2.45, 2.75) is 5.75 Å². The lowest BCUT2D eigenvalue weighted by Crippen LogP contribution is -2.01. The van der Waals surface area contributed by atoms with E-state index in [0.29, 0.717) is 11.3 Å². The average molecular weight is 201 g/mol. The first-order valence-corrected chi connectivity index (χ1v) is 5.69. The molecule has 1 aromatic rings. The molecule has 1 aromatic carbocycles. The summed E-state index contributed by atoms with van der Waals surface area (Å²) in [5, 5.41) is 9.31. The molecule has 0 unspecified atom stereocenters. The van der Waals surface area contributed by atoms with Crippen molar-refractivity contribution < 1.29 is 13.5 Å². The highest BCUT2D eigenvalue weighted by atomic mass is 32.2. The van der Waals surface area contributed by atoms with E-state index in [1.54, 1.807) is 6.07 Å². The molecular weight excluding hydrogens is 190 g/mol. The molecule has 0 atom stereocenters. The van der Waals surface area contributed by atoms with E-state index < -0.39 is 9.84 Å². The van der Waals surface area contributed by atoms with Crippen LogP contribution in [0.2, 0.25) is 0 Å². The average Bonchev–Trinajstić information content (AvgIpc) is 1.93. The van der Waals surface area contributed by atoms with Crippen LogP contribution in [0.5, 0.6) is 5.75 Å². The van der Waals surface area contributed by atoms with E-state index in [1.165, 1.54) is 12.1 Å². The molecule has 0 fully saturated rings. The summed E-state index contributed by atoms with van der Waals surface area (Å²) in [6, 6.07) is 4.40. The first-order chi connectivity index (χ1) is 5.88. The number of aromatic hydroxyl groups is 1. The molecule has 0 aromatic heterocycles. The van der Waals surface area contributed by atoms with Crippen LogP contribution in [-0.2, 0) is 15.6 Å². The van der Waals surface area contributed by atoms with Gasteiger partial charge in [-0.2, -0.15) is 0 Å². The van der Waals surface area contributed by atoms with Gasteiger partial charge in [-0.15, -0.1) is 0 Å². The van der Waals surface area contributed by atoms with Crippen LogP contribution < -0.4 is 5.73 Å². The Morgan fingerprint density at radius 1 is 1.46 bits per heavy atom. The fraction of sp³-hybridized carbons (Fsp3) is 0.250. The van der Waals surface area contributed by atoms with Crippen LogP contribution >= 0.6 is 0 Å². The van der Waals surface area contributed by atoms with Gasteiger partial charge in [0.25, 0.3) is 0 Å². The Kier molecular flexibility index (Phi) is 2.47. The lowest BCUT2D eigenvalue weighted by atomic mass is 10.2. The topological polar surface area (TPSA) is 80.4 Å². The van der Waals surface area contributed by atoms with Crippen LogP contribution in [0, 0.1) is 0 Å². The van der Waals surface area contributed by atoms with E-state index in [2.05, 4.69) is 0 Å². The summed E-state index contributed by atoms with van der Waals surface area (Å²) in [5.74, 6) is -0.246. The Balaban J connectivity index is 3.04. The number of anilines is 1. The van der Waals surface area contributed by atoms with Crippen LogP contribution in [0.3, 0.4) is 0 Å². The van der Waals surface area contributed by atoms with Crippen molar-refractivity contribution in [2.75, 3.05) is 12.0 Å². The van der Waals surface area contributed by atoms with Gasteiger partial charge in [-0.1, -0.05) is 6.07 Å². The number of phenols is 1. The minimum absolute atomic E-state index is 0.0783. The molecule has 0 aliphatic carbocycles. The number of nitrogens with two attached hydrogens (primary N) is 1. The number of nitrogen functional groups attached to an aromatic ring is 1. The van der Waals surface area contributed by atoms with Gasteiger partial charge >= 0.3 is 0 Å². The third-order valence-electron chi connectivity index (χ3n) is 1.53. The summed E-state index contributed by atoms with van der Waals surface area (Å²) < 4.78 is 21.8. The molecule has 0 saturated carbocycles. The maximum absolute atomic E-state index is 10.9. The molecule has 0 spiro atoms. The fourth-order valence-corrected chi connectivity index (χ4v) is 1.79. The van der Waals surface area contributed by atoms with Crippen LogP contribution in [0.15, 0.2) is 18.2 Å². The molecule has 0 radical (unpaired) electrons. The standard InChI is InChI=1S/C8H11NO3S/c1-13(11,12)5-6-2-3-7(9)4-8(6)10/h2-4,10H,5,9H2,1H3. The number of sulfone groups is 1. The highest BCUT2D eigenvalue weighted by Crippen LogP contribution is 2.21. The van der Waals surface area contributed by atoms with E-state index in [4.69, 9.17) is 5.73 Å². The van der Waals surface area contributed by atoms with E-state index in [-0.39, 0.29) is 11.5 Å². The molecule has 0 heterocycles. The smallest absolute Gasteiger partial charge is 0.151 e. The Hall–Kier alpha value is -1.23. The van der Waals surface area contributed by atoms with Crippen molar-refractivity contribution in [3.63, 3.8) is 0 Å². The second-order valence-corrected chi connectivity index (χ2v) is 5.10. The monoisotopic (exact) mass is 201 g/mol. The number of rotatable bonds is 2. The zero-order valence-corrected chi connectivity index (χ0v) is 8.00. The number of hydrogen-bond acceptors (Lipinski definition) is 4. The Morgan fingerprint density at radius 2 is 2.08 bits per heavy atom. The third-order valence-corrected chi connectivity index (χ3v) is 2.36. The first kappa shape index (κ1) is 9.85. The molecule has 3 N–H and O–H groups in total. The van der Waals surface area contributed by atoms with Gasteiger partial charge in [0.05, 0.1) is 5.75 Å². The highest BCUT2D eigenvalue weighted by molar-refractivity contribution is 7.89. The normalized spacial score (nSPS) is 11.5. The Morgan fingerprint density at radius 3 is 2.54 bits per heavy atom. The lowest BCUT2D eigenvalue weighted by Gasteiger charge is -2.03. The predicted octanol–water partition coefficient (Wildman–Crippen LogP) is 0.519. The molecule has 0 bridgehead atoms. The summed E-state index contributed by atoms with van der Waals surface area (Å²) in [6.45, 7) is 0. The molecule has 72 valence electrons. The highest BCUT2D eigenvalue weighted by Gasteiger charge is 2.08. The van der Waals surface area contributed by atoms with Gasteiger partial charge in [0, 0.05) is 23.6 Å². The molecule has 1 rings (SSSR count). The Bertz CT molecular complexity index is 411. The second-order valence-electron chi connectivity index (χ2n) is 2.96. The van der Waals surface area contributed by atoms with Crippen molar-refractivity contribution in [3.05, 3.63) is 23.8 Å². The summed E-state index contributed by atoms with van der Waals surface area (Å²) >= 11 is 0. The van der Waals surface area contributed by atoms with Gasteiger partial charge in [-0.3, -0.25) is 0 Å². The van der Waals surface area contributed by atoms with Gasteiger partial charge in [0.1, 0.15) is 5.75 Å². The van der Waals surface area contributed by atoms with E-state index in [1.807, 2.05) is 0 Å². The lowest BCUT2D eigenvalue weighted by molar-refractivity contribution is 0.470. The number of hydrogen-bond donors (Lipinski definition) is 2. The minimum Gasteiger partial charge on any atom is -0.508 e. The molecule has 5 heteroatoms. The summed E-state index contributed by atoms with van der Waals surface area (Å²) in [6.07, 6.45) is 1.11. The van der Waals surface area contributed by atoms with E-state index in [0.717, 1.165) is 6.26 Å². The van der Waals surface area contributed by atoms with Gasteiger partial charge in [-0.25, -0.2) is 8.42 Å². The second kappa shape index (κ2) is 3.26. The molecule has 13 heavy (non-hydrogen) atoms. The molecule has 0 saturated heterocycles. The van der Waals surface area contributed by atoms with E-state index >= 15 is 0 Å². The maximum Gasteiger partial charge on any atom is 0.151 e. The van der Waals surface area contributed by atoms with Crippen molar-refractivity contribution in [2.24, 2.45) is 0 Å². The predicted molar refractivity (Wildman–Crippen MR) is 51.1 cm³/mol. The van der Waals surface area contributed by atoms with E-state index in [9.17, 15) is 13.5 Å². The molecule has 0 amide bonds. The van der Waals surface area contributed by atoms with Crippen molar-refractivity contribution >= 4 is 15.5 Å². The first-order valence-electron chi connectivity index (χ1n) is 3.63. The van der Waals surface area contributed by atoms with Gasteiger partial charge in [0.15, 0.2) is 9.84 Å². The van der Waals surface area contributed by atoms with Crippen molar-refractivity contribution in [3.8, 4) is 5.75 Å². The quantitative estimate of drug-likeness (QED) is 0.683. The number of phenolic OH excluding ortho intramolecular Hbond substituents is 1. The molecule has 4 nitrogen and oxygen atoms in total. The summed E-state index contributed by atoms with van der Waals surface area (Å²) in [5.41, 5.74) is 6.17. The van der Waals surface area contributed by atoms with Gasteiger partial charge in [-0.05, 0) is 6.07 Å². The largest absolute Gasteiger partial charge is 0.508 e. The van der Waals surface area contributed by atoms with Crippen LogP contribution in [0.25, 0.3) is 0 Å². The number of benzene rings is 1. The molecule has 0 aliphatic heterocycles. The van der Waals surface area contributed by atoms with Crippen molar-refractivity contribution in [1.82, 2.24) is 0 Å². The maximum atomic E-state index is 10.9. The SMILES string of the molecule is CS(=O)(=O)Cc1ccc(N)cc1O. The summed E-state index contributed by atoms with van der Waals surface area (Å²) in [7, 11) is -3.11. The molecule has 0 aliphatic rings. The fourth-order valence-electron chi connectivity index (χ4n) is 0.985. The summed E-state index contributed by atoms with van der Waals surface area (Å²) in [4.78, 5) is 0. The van der Waals surface area contributed by atoms with Crippen LogP contribution in [-0.4, -0.2) is 19.8 Å². The van der Waals surface area contributed by atoms with Crippen LogP contribution in [0.4, 0.5) is 5.69 Å². The third kappa shape index (κ3) is 2.95.